The van der Waals surface area contributed by atoms with Gasteiger partial charge >= 0.3 is 0 Å². The van der Waals surface area contributed by atoms with Crippen LogP contribution >= 0.6 is 24.0 Å². The maximum atomic E-state index is 5.92. The smallest absolute Gasteiger partial charge is 0.191 e. The number of furan rings is 1. The second kappa shape index (κ2) is 9.94. The van der Waals surface area contributed by atoms with E-state index in [-0.39, 0.29) is 35.6 Å². The maximum absolute atomic E-state index is 5.92. The van der Waals surface area contributed by atoms with E-state index in [1.54, 1.807) is 0 Å². The number of hydrogen-bond donors (Lipinski definition) is 2. The molecule has 2 aliphatic rings. The number of aryl methyl sites for hydroxylation is 1. The molecule has 2 N–H and O–H groups in total. The van der Waals surface area contributed by atoms with Crippen molar-refractivity contribution in [3.63, 3.8) is 0 Å². The first-order chi connectivity index (χ1) is 12.1. The lowest BCUT2D eigenvalue weighted by atomic mass is 10.0. The van der Waals surface area contributed by atoms with Gasteiger partial charge in [0.2, 0.25) is 0 Å². The number of aliphatic imine (C=N–C) groups is 1. The Hall–Kier alpha value is -0.800. The molecule has 2 saturated heterocycles. The molecule has 3 rings (SSSR count). The zero-order valence-corrected chi connectivity index (χ0v) is 18.5. The minimum Gasteiger partial charge on any atom is -0.465 e. The Labute approximate surface area is 174 Å². The lowest BCUT2D eigenvalue weighted by molar-refractivity contribution is 0.0242. The van der Waals surface area contributed by atoms with Crippen LogP contribution in [0.5, 0.6) is 0 Å². The van der Waals surface area contributed by atoms with Gasteiger partial charge in [0.1, 0.15) is 11.5 Å². The molecular weight excluding hydrogens is 443 g/mol. The van der Waals surface area contributed by atoms with E-state index in [0.29, 0.717) is 0 Å². The Morgan fingerprint density at radius 1 is 1.27 bits per heavy atom. The molecule has 0 spiro atoms. The summed E-state index contributed by atoms with van der Waals surface area (Å²) in [6.07, 6.45) is 4.76. The predicted octanol–water partition coefficient (Wildman–Crippen LogP) is 3.08. The van der Waals surface area contributed by atoms with Crippen LogP contribution < -0.4 is 10.6 Å². The second-order valence-corrected chi connectivity index (χ2v) is 7.42. The van der Waals surface area contributed by atoms with Gasteiger partial charge in [-0.05, 0) is 64.8 Å². The molecule has 6 nitrogen and oxygen atoms in total. The molecule has 148 valence electrons. The van der Waals surface area contributed by atoms with E-state index in [1.165, 1.54) is 12.8 Å². The monoisotopic (exact) mass is 476 g/mol. The fraction of sp³-hybridized carbons (Fsp3) is 0.737. The average Bonchev–Trinajstić information content (AvgIpc) is 3.34. The minimum absolute atomic E-state index is 0. The summed E-state index contributed by atoms with van der Waals surface area (Å²) in [7, 11) is 1.81. The number of ether oxygens (including phenoxy) is 1. The van der Waals surface area contributed by atoms with Crippen molar-refractivity contribution in [1.82, 2.24) is 15.5 Å². The standard InChI is InChI=1S/C19H32N4O2.HI/c1-15-7-8-17(25-15)16(23-10-4-5-11-23)13-21-18(20-3)22-14-19(2)9-6-12-24-19;/h7-8,16H,4-6,9-14H2,1-3H3,(H2,20,21,22);1H. The van der Waals surface area contributed by atoms with Crippen LogP contribution in [0, 0.1) is 6.92 Å². The first-order valence-electron chi connectivity index (χ1n) is 9.48. The molecule has 2 atom stereocenters. The van der Waals surface area contributed by atoms with Crippen LogP contribution in [0.4, 0.5) is 0 Å². The van der Waals surface area contributed by atoms with Gasteiger partial charge in [-0.2, -0.15) is 0 Å². The topological polar surface area (TPSA) is 62.0 Å². The van der Waals surface area contributed by atoms with Crippen molar-refractivity contribution < 1.29 is 9.15 Å². The van der Waals surface area contributed by atoms with Crippen molar-refractivity contribution in [3.05, 3.63) is 23.7 Å². The van der Waals surface area contributed by atoms with Gasteiger partial charge in [0.15, 0.2) is 5.96 Å². The molecule has 2 fully saturated rings. The van der Waals surface area contributed by atoms with E-state index in [0.717, 1.165) is 63.1 Å². The summed E-state index contributed by atoms with van der Waals surface area (Å²) in [6.45, 7) is 8.85. The predicted molar refractivity (Wildman–Crippen MR) is 115 cm³/mol. The summed E-state index contributed by atoms with van der Waals surface area (Å²) in [4.78, 5) is 6.87. The fourth-order valence-electron chi connectivity index (χ4n) is 3.76. The highest BCUT2D eigenvalue weighted by atomic mass is 127. The van der Waals surface area contributed by atoms with Gasteiger partial charge in [0.05, 0.1) is 11.6 Å². The van der Waals surface area contributed by atoms with Crippen molar-refractivity contribution in [2.45, 2.75) is 51.2 Å². The normalized spacial score (nSPS) is 25.1. The van der Waals surface area contributed by atoms with Crippen molar-refractivity contribution >= 4 is 29.9 Å². The number of rotatable bonds is 6. The molecule has 0 amide bonds. The molecule has 2 aliphatic heterocycles. The molecular formula is C19H33IN4O2. The zero-order valence-electron chi connectivity index (χ0n) is 16.2. The SMILES string of the molecule is CN=C(NCC(c1ccc(C)o1)N1CCCC1)NCC1(C)CCCO1.I. The van der Waals surface area contributed by atoms with E-state index in [4.69, 9.17) is 9.15 Å². The van der Waals surface area contributed by atoms with Gasteiger partial charge in [-0.15, -0.1) is 24.0 Å². The molecule has 1 aromatic heterocycles. The summed E-state index contributed by atoms with van der Waals surface area (Å²) in [5, 5.41) is 6.90. The van der Waals surface area contributed by atoms with Gasteiger partial charge in [-0.25, -0.2) is 0 Å². The van der Waals surface area contributed by atoms with Crippen LogP contribution in [0.3, 0.4) is 0 Å². The van der Waals surface area contributed by atoms with Gasteiger partial charge < -0.3 is 19.8 Å². The van der Waals surface area contributed by atoms with E-state index >= 15 is 0 Å². The summed E-state index contributed by atoms with van der Waals surface area (Å²) < 4.78 is 11.8. The maximum Gasteiger partial charge on any atom is 0.191 e. The molecule has 0 bridgehead atoms. The molecule has 0 saturated carbocycles. The number of nitrogens with zero attached hydrogens (tertiary/aromatic N) is 2. The number of guanidine groups is 1. The van der Waals surface area contributed by atoms with Crippen LogP contribution in [-0.4, -0.2) is 56.3 Å². The summed E-state index contributed by atoms with van der Waals surface area (Å²) in [5.41, 5.74) is -0.0793. The lowest BCUT2D eigenvalue weighted by Crippen LogP contribution is -2.47. The van der Waals surface area contributed by atoms with E-state index in [2.05, 4.69) is 33.5 Å². The lowest BCUT2D eigenvalue weighted by Gasteiger charge is -2.28. The Bertz CT molecular complexity index is 578. The number of hydrogen-bond acceptors (Lipinski definition) is 4. The van der Waals surface area contributed by atoms with Crippen LogP contribution in [0.25, 0.3) is 0 Å². The summed E-state index contributed by atoms with van der Waals surface area (Å²) in [5.74, 6) is 2.82. The fourth-order valence-corrected chi connectivity index (χ4v) is 3.76. The second-order valence-electron chi connectivity index (χ2n) is 7.42. The highest BCUT2D eigenvalue weighted by Gasteiger charge is 2.30. The molecule has 7 heteroatoms. The third-order valence-electron chi connectivity index (χ3n) is 5.29. The summed E-state index contributed by atoms with van der Waals surface area (Å²) >= 11 is 0. The third kappa shape index (κ3) is 5.60. The molecule has 1 aromatic rings. The van der Waals surface area contributed by atoms with Gasteiger partial charge in [0, 0.05) is 26.7 Å². The van der Waals surface area contributed by atoms with Crippen molar-refractivity contribution in [3.8, 4) is 0 Å². The highest BCUT2D eigenvalue weighted by Crippen LogP contribution is 2.26. The summed E-state index contributed by atoms with van der Waals surface area (Å²) in [6, 6.07) is 4.39. The Morgan fingerprint density at radius 3 is 2.62 bits per heavy atom. The average molecular weight is 476 g/mol. The molecule has 0 aromatic carbocycles. The van der Waals surface area contributed by atoms with Gasteiger partial charge in [-0.1, -0.05) is 0 Å². The Morgan fingerprint density at radius 2 is 2.04 bits per heavy atom. The van der Waals surface area contributed by atoms with Crippen molar-refractivity contribution in [2.24, 2.45) is 4.99 Å². The van der Waals surface area contributed by atoms with Crippen molar-refractivity contribution in [1.29, 1.82) is 0 Å². The number of halogens is 1. The van der Waals surface area contributed by atoms with Crippen LogP contribution in [0.15, 0.2) is 21.5 Å². The largest absolute Gasteiger partial charge is 0.465 e. The molecule has 26 heavy (non-hydrogen) atoms. The van der Waals surface area contributed by atoms with E-state index < -0.39 is 0 Å². The van der Waals surface area contributed by atoms with Gasteiger partial charge in [-0.3, -0.25) is 9.89 Å². The van der Waals surface area contributed by atoms with E-state index in [9.17, 15) is 0 Å². The molecule has 0 radical (unpaired) electrons. The Kier molecular flexibility index (Phi) is 8.22. The Balaban J connectivity index is 0.00000243. The molecule has 2 unspecified atom stereocenters. The minimum atomic E-state index is -0.0793. The number of nitrogens with one attached hydrogen (secondary N) is 2. The zero-order chi connectivity index (χ0) is 17.7. The molecule has 3 heterocycles. The van der Waals surface area contributed by atoms with Crippen molar-refractivity contribution in [2.75, 3.05) is 39.8 Å². The first-order valence-corrected chi connectivity index (χ1v) is 9.48. The van der Waals surface area contributed by atoms with E-state index in [1.807, 2.05) is 20.0 Å². The molecule has 0 aliphatic carbocycles. The quantitative estimate of drug-likeness (QED) is 0.376. The van der Waals surface area contributed by atoms with Crippen LogP contribution in [-0.2, 0) is 4.74 Å². The van der Waals surface area contributed by atoms with Crippen LogP contribution in [0.2, 0.25) is 0 Å². The van der Waals surface area contributed by atoms with Crippen LogP contribution in [0.1, 0.15) is 50.2 Å². The van der Waals surface area contributed by atoms with Gasteiger partial charge in [0.25, 0.3) is 0 Å². The highest BCUT2D eigenvalue weighted by molar-refractivity contribution is 14.0. The number of likely N-dealkylation sites (tertiary alicyclic amines) is 1. The first kappa shape index (κ1) is 21.5. The third-order valence-corrected chi connectivity index (χ3v) is 5.29.